The van der Waals surface area contributed by atoms with Gasteiger partial charge in [-0.05, 0) is 155 Å². The van der Waals surface area contributed by atoms with Gasteiger partial charge >= 0.3 is 0 Å². The summed E-state index contributed by atoms with van der Waals surface area (Å²) >= 11 is 0. The van der Waals surface area contributed by atoms with Crippen molar-refractivity contribution in [1.82, 2.24) is 9.80 Å². The van der Waals surface area contributed by atoms with Crippen LogP contribution in [-0.4, -0.2) is 70.5 Å². The molecule has 6 aliphatic carbocycles. The Balaban J connectivity index is 0.891. The zero-order chi connectivity index (χ0) is 30.8. The van der Waals surface area contributed by atoms with Crippen LogP contribution >= 0.6 is 0 Å². The predicted octanol–water partition coefficient (Wildman–Crippen LogP) is 8.71. The maximum Gasteiger partial charge on any atom is 0.0740 e. The van der Waals surface area contributed by atoms with E-state index in [2.05, 4.69) is 37.5 Å². The minimum Gasteiger partial charge on any atom is -0.372 e. The lowest BCUT2D eigenvalue weighted by atomic mass is 9.61. The molecule has 10 fully saturated rings. The van der Waals surface area contributed by atoms with E-state index in [0.717, 1.165) is 95.4 Å². The zero-order valence-corrected chi connectivity index (χ0v) is 30.0. The van der Waals surface area contributed by atoms with E-state index in [-0.39, 0.29) is 0 Å². The zero-order valence-electron chi connectivity index (χ0n) is 30.0. The third-order valence-electron chi connectivity index (χ3n) is 17.6. The Hall–Kier alpha value is -0.160. The number of fused-ring (bicyclic) bond motifs is 10. The molecule has 18 unspecified atom stereocenters. The van der Waals surface area contributed by atoms with Gasteiger partial charge in [0.25, 0.3) is 0 Å². The quantitative estimate of drug-likeness (QED) is 0.311. The molecule has 0 bridgehead atoms. The molecule has 0 radical (unpaired) electrons. The van der Waals surface area contributed by atoms with Crippen molar-refractivity contribution in [2.45, 2.75) is 204 Å². The van der Waals surface area contributed by atoms with Crippen LogP contribution in [0.5, 0.6) is 0 Å². The molecule has 18 atom stereocenters. The molecule has 0 aromatic carbocycles. The van der Waals surface area contributed by atoms with Gasteiger partial charge in [0, 0.05) is 36.3 Å². The number of rotatable bonds is 3. The fraction of sp³-hybridized carbons (Fsp3) is 1.00. The van der Waals surface area contributed by atoms with Gasteiger partial charge in [-0.25, -0.2) is 0 Å². The van der Waals surface area contributed by atoms with Crippen molar-refractivity contribution < 1.29 is 9.47 Å². The molecular formula is C42H68N2O2. The molecule has 4 nitrogen and oxygen atoms in total. The number of nitrogens with zero attached hydrogens (tertiary/aromatic N) is 2. The first-order valence-corrected chi connectivity index (χ1v) is 21.3. The maximum absolute atomic E-state index is 7.30. The van der Waals surface area contributed by atoms with Crippen molar-refractivity contribution in [2.75, 3.05) is 0 Å². The van der Waals surface area contributed by atoms with E-state index in [1.165, 1.54) is 103 Å². The Morgan fingerprint density at radius 3 is 1.74 bits per heavy atom. The second-order valence-electron chi connectivity index (χ2n) is 19.9. The maximum atomic E-state index is 7.30. The van der Waals surface area contributed by atoms with E-state index < -0.39 is 0 Å². The molecule has 0 aromatic heterocycles. The van der Waals surface area contributed by atoms with Gasteiger partial charge in [-0.15, -0.1) is 0 Å². The Bertz CT molecular complexity index is 1120. The summed E-state index contributed by atoms with van der Waals surface area (Å²) in [5.41, 5.74) is 0. The van der Waals surface area contributed by atoms with Crippen molar-refractivity contribution in [3.63, 3.8) is 0 Å². The van der Waals surface area contributed by atoms with Gasteiger partial charge in [0.1, 0.15) is 0 Å². The van der Waals surface area contributed by atoms with Crippen molar-refractivity contribution in [3.8, 4) is 0 Å². The number of morpholine rings is 2. The van der Waals surface area contributed by atoms with Crippen LogP contribution in [0.2, 0.25) is 0 Å². The molecule has 0 aromatic rings. The smallest absolute Gasteiger partial charge is 0.0740 e. The van der Waals surface area contributed by atoms with Crippen LogP contribution in [0.4, 0.5) is 0 Å². The standard InChI is InChI=1S/C42H68N2O2/c1-23(2)25-12-17-36-39(21-25)46-40-22-28(24(3)4)20-32-31-19-27(14-16-34(31)44(36)42(32)40)26-13-15-33-30(18-26)29-8-7-11-38-41(29)43(33)35-9-5-6-10-37(35)45-38/h23-42H,5-22H2,1-4H3. The first kappa shape index (κ1) is 30.6. The van der Waals surface area contributed by atoms with E-state index in [1.807, 2.05) is 0 Å². The van der Waals surface area contributed by atoms with Crippen molar-refractivity contribution in [2.24, 2.45) is 59.2 Å². The summed E-state index contributed by atoms with van der Waals surface area (Å²) in [7, 11) is 0. The molecule has 0 amide bonds. The highest BCUT2D eigenvalue weighted by molar-refractivity contribution is 5.16. The normalized spacial score (nSPS) is 56.5. The van der Waals surface area contributed by atoms with Crippen LogP contribution in [0.25, 0.3) is 0 Å². The molecule has 4 heterocycles. The molecule has 46 heavy (non-hydrogen) atoms. The second kappa shape index (κ2) is 11.7. The molecule has 258 valence electrons. The summed E-state index contributed by atoms with van der Waals surface area (Å²) < 4.78 is 14.3. The molecule has 6 saturated carbocycles. The summed E-state index contributed by atoms with van der Waals surface area (Å²) in [5, 5.41) is 0. The summed E-state index contributed by atoms with van der Waals surface area (Å²) in [6.07, 6.45) is 28.2. The Labute approximate surface area is 281 Å². The number of ether oxygens (including phenoxy) is 2. The van der Waals surface area contributed by atoms with Gasteiger partial charge < -0.3 is 9.47 Å². The van der Waals surface area contributed by atoms with Crippen molar-refractivity contribution in [3.05, 3.63) is 0 Å². The van der Waals surface area contributed by atoms with E-state index in [1.54, 1.807) is 12.8 Å². The molecule has 0 spiro atoms. The van der Waals surface area contributed by atoms with Crippen LogP contribution in [0.15, 0.2) is 0 Å². The van der Waals surface area contributed by atoms with Gasteiger partial charge in [-0.1, -0.05) is 47.0 Å². The van der Waals surface area contributed by atoms with Gasteiger partial charge in [0.2, 0.25) is 0 Å². The minimum atomic E-state index is 0.508. The summed E-state index contributed by atoms with van der Waals surface area (Å²) in [4.78, 5) is 6.42. The first-order chi connectivity index (χ1) is 22.4. The number of hydrogen-bond acceptors (Lipinski definition) is 4. The van der Waals surface area contributed by atoms with E-state index in [4.69, 9.17) is 9.47 Å². The minimum absolute atomic E-state index is 0.508. The first-order valence-electron chi connectivity index (χ1n) is 21.3. The molecule has 4 saturated heterocycles. The fourth-order valence-corrected chi connectivity index (χ4v) is 15.6. The highest BCUT2D eigenvalue weighted by Crippen LogP contribution is 2.61. The molecule has 4 aliphatic heterocycles. The summed E-state index contributed by atoms with van der Waals surface area (Å²) in [5.74, 6) is 9.08. The van der Waals surface area contributed by atoms with Gasteiger partial charge in [0.15, 0.2) is 0 Å². The lowest BCUT2D eigenvalue weighted by Crippen LogP contribution is -2.64. The molecule has 10 aliphatic rings. The monoisotopic (exact) mass is 633 g/mol. The lowest BCUT2D eigenvalue weighted by Gasteiger charge is -2.56. The van der Waals surface area contributed by atoms with Gasteiger partial charge in [-0.3, -0.25) is 9.80 Å². The fourth-order valence-electron chi connectivity index (χ4n) is 15.6. The number of hydrogen-bond donors (Lipinski definition) is 0. The van der Waals surface area contributed by atoms with E-state index >= 15 is 0 Å². The molecule has 10 rings (SSSR count). The van der Waals surface area contributed by atoms with Crippen LogP contribution in [0.3, 0.4) is 0 Å². The van der Waals surface area contributed by atoms with Crippen LogP contribution < -0.4 is 0 Å². The third kappa shape index (κ3) is 4.63. The third-order valence-corrected chi connectivity index (χ3v) is 17.6. The van der Waals surface area contributed by atoms with Crippen LogP contribution in [0.1, 0.15) is 143 Å². The molecule has 4 heteroatoms. The van der Waals surface area contributed by atoms with Gasteiger partial charge in [0.05, 0.1) is 24.4 Å². The highest BCUT2D eigenvalue weighted by atomic mass is 16.5. The molecule has 0 N–H and O–H groups in total. The van der Waals surface area contributed by atoms with Crippen LogP contribution in [0, 0.1) is 59.2 Å². The van der Waals surface area contributed by atoms with E-state index in [0.29, 0.717) is 24.4 Å². The SMILES string of the molecule is CC(C)C1CCC2C(C1)OC1CC(C(C)C)CC3C4CC(C5CCC6C(C5)C5CCCC7OC8CCCCC8N6C75)CCC4N2C13. The predicted molar refractivity (Wildman–Crippen MR) is 184 cm³/mol. The Morgan fingerprint density at radius 1 is 0.413 bits per heavy atom. The topological polar surface area (TPSA) is 24.9 Å². The average molecular weight is 633 g/mol. The van der Waals surface area contributed by atoms with Crippen molar-refractivity contribution >= 4 is 0 Å². The second-order valence-corrected chi connectivity index (χ2v) is 19.9. The Morgan fingerprint density at radius 2 is 1.00 bits per heavy atom. The summed E-state index contributed by atoms with van der Waals surface area (Å²) in [6, 6.07) is 4.74. The largest absolute Gasteiger partial charge is 0.372 e. The lowest BCUT2D eigenvalue weighted by molar-refractivity contribution is -0.192. The van der Waals surface area contributed by atoms with Gasteiger partial charge in [-0.2, -0.15) is 0 Å². The van der Waals surface area contributed by atoms with Crippen molar-refractivity contribution in [1.29, 1.82) is 0 Å². The summed E-state index contributed by atoms with van der Waals surface area (Å²) in [6.45, 7) is 9.97. The Kier molecular flexibility index (Phi) is 7.79. The van der Waals surface area contributed by atoms with Crippen LogP contribution in [-0.2, 0) is 9.47 Å². The highest BCUT2D eigenvalue weighted by Gasteiger charge is 2.64. The van der Waals surface area contributed by atoms with E-state index in [9.17, 15) is 0 Å². The average Bonchev–Trinajstić information content (AvgIpc) is 3.59. The molecular weight excluding hydrogens is 564 g/mol.